The van der Waals surface area contributed by atoms with Gasteiger partial charge in [0.2, 0.25) is 0 Å². The number of ether oxygens (including phenoxy) is 1. The van der Waals surface area contributed by atoms with Gasteiger partial charge in [-0.05, 0) is 31.7 Å². The average Bonchev–Trinajstić information content (AvgIpc) is 2.51. The van der Waals surface area contributed by atoms with Crippen molar-refractivity contribution >= 4 is 17.6 Å². The van der Waals surface area contributed by atoms with E-state index in [2.05, 4.69) is 28.3 Å². The van der Waals surface area contributed by atoms with Crippen molar-refractivity contribution in [3.8, 4) is 5.75 Å². The van der Waals surface area contributed by atoms with Gasteiger partial charge in [0.05, 0.1) is 7.11 Å². The number of nitrogens with zero attached hydrogens (tertiary/aromatic N) is 3. The number of aliphatic imine (C=N–C) groups is 1. The van der Waals surface area contributed by atoms with Gasteiger partial charge in [-0.3, -0.25) is 4.99 Å². The summed E-state index contributed by atoms with van der Waals surface area (Å²) in [5.41, 5.74) is 2.83. The van der Waals surface area contributed by atoms with Crippen molar-refractivity contribution in [2.75, 3.05) is 7.11 Å². The molecule has 0 aliphatic heterocycles. The molecule has 0 atom stereocenters. The maximum atomic E-state index is 5.38. The summed E-state index contributed by atoms with van der Waals surface area (Å²) in [6.45, 7) is 9.22. The van der Waals surface area contributed by atoms with Crippen LogP contribution in [-0.2, 0) is 6.42 Å². The lowest BCUT2D eigenvalue weighted by Crippen LogP contribution is -2.00. The van der Waals surface area contributed by atoms with Crippen molar-refractivity contribution in [3.05, 3.63) is 54.1 Å². The van der Waals surface area contributed by atoms with Gasteiger partial charge in [0.1, 0.15) is 17.1 Å². The number of methoxy groups -OCH3 is 1. The van der Waals surface area contributed by atoms with Crippen LogP contribution in [0.3, 0.4) is 0 Å². The van der Waals surface area contributed by atoms with Gasteiger partial charge in [0.25, 0.3) is 0 Å². The number of rotatable bonds is 6. The van der Waals surface area contributed by atoms with Gasteiger partial charge in [-0.2, -0.15) is 0 Å². The first-order valence-corrected chi connectivity index (χ1v) is 6.77. The highest BCUT2D eigenvalue weighted by molar-refractivity contribution is 5.86. The van der Waals surface area contributed by atoms with Gasteiger partial charge in [0.15, 0.2) is 0 Å². The number of hydrogen-bond acceptors (Lipinski definition) is 4. The second-order valence-electron chi connectivity index (χ2n) is 4.67. The molecule has 0 aliphatic carbocycles. The van der Waals surface area contributed by atoms with E-state index in [4.69, 9.17) is 4.74 Å². The van der Waals surface area contributed by atoms with Crippen molar-refractivity contribution in [3.63, 3.8) is 0 Å². The van der Waals surface area contributed by atoms with Crippen LogP contribution in [0.4, 0.5) is 0 Å². The molecule has 108 valence electrons. The third-order valence-corrected chi connectivity index (χ3v) is 3.30. The molecule has 0 amide bonds. The SMILES string of the molecule is C=C/C(=C\N=C)CCc1nc(C)c2cccc(OC)c2n1. The molecular weight excluding hydrogens is 262 g/mol. The van der Waals surface area contributed by atoms with Crippen LogP contribution in [0.2, 0.25) is 0 Å². The Morgan fingerprint density at radius 3 is 2.86 bits per heavy atom. The highest BCUT2D eigenvalue weighted by atomic mass is 16.5. The van der Waals surface area contributed by atoms with Crippen molar-refractivity contribution in [1.82, 2.24) is 9.97 Å². The van der Waals surface area contributed by atoms with Crippen molar-refractivity contribution in [1.29, 1.82) is 0 Å². The van der Waals surface area contributed by atoms with E-state index < -0.39 is 0 Å². The molecule has 0 fully saturated rings. The van der Waals surface area contributed by atoms with Gasteiger partial charge in [-0.15, -0.1) is 0 Å². The highest BCUT2D eigenvalue weighted by Gasteiger charge is 2.09. The number of hydrogen-bond donors (Lipinski definition) is 0. The fourth-order valence-corrected chi connectivity index (χ4v) is 2.21. The Morgan fingerprint density at radius 2 is 2.19 bits per heavy atom. The Labute approximate surface area is 124 Å². The van der Waals surface area contributed by atoms with Crippen LogP contribution >= 0.6 is 0 Å². The molecule has 1 heterocycles. The van der Waals surface area contributed by atoms with Gasteiger partial charge >= 0.3 is 0 Å². The number of fused-ring (bicyclic) bond motifs is 1. The quantitative estimate of drug-likeness (QED) is 0.600. The van der Waals surface area contributed by atoms with Crippen LogP contribution in [-0.4, -0.2) is 23.8 Å². The maximum absolute atomic E-state index is 5.38. The monoisotopic (exact) mass is 281 g/mol. The van der Waals surface area contributed by atoms with Crippen LogP contribution in [0.15, 0.2) is 47.6 Å². The summed E-state index contributed by atoms with van der Waals surface area (Å²) in [6, 6.07) is 5.87. The fourth-order valence-electron chi connectivity index (χ4n) is 2.21. The first-order chi connectivity index (χ1) is 10.2. The normalized spacial score (nSPS) is 11.4. The molecule has 21 heavy (non-hydrogen) atoms. The summed E-state index contributed by atoms with van der Waals surface area (Å²) in [7, 11) is 1.65. The molecule has 0 unspecified atom stereocenters. The molecule has 0 radical (unpaired) electrons. The molecule has 2 rings (SSSR count). The lowest BCUT2D eigenvalue weighted by atomic mass is 10.1. The van der Waals surface area contributed by atoms with Crippen molar-refractivity contribution in [2.24, 2.45) is 4.99 Å². The molecule has 0 aliphatic rings. The average molecular weight is 281 g/mol. The first-order valence-electron chi connectivity index (χ1n) is 6.77. The number of para-hydroxylation sites is 1. The molecule has 0 N–H and O–H groups in total. The number of aryl methyl sites for hydroxylation is 2. The van der Waals surface area contributed by atoms with Gasteiger partial charge in [-0.1, -0.05) is 24.8 Å². The molecule has 0 saturated carbocycles. The molecule has 0 spiro atoms. The summed E-state index contributed by atoms with van der Waals surface area (Å²) in [5, 5.41) is 1.02. The lowest BCUT2D eigenvalue weighted by molar-refractivity contribution is 0.418. The summed E-state index contributed by atoms with van der Waals surface area (Å²) in [6.07, 6.45) is 5.00. The minimum atomic E-state index is 0.724. The summed E-state index contributed by atoms with van der Waals surface area (Å²) < 4.78 is 5.38. The Kier molecular flexibility index (Phi) is 4.82. The second kappa shape index (κ2) is 6.79. The highest BCUT2D eigenvalue weighted by Crippen LogP contribution is 2.25. The maximum Gasteiger partial charge on any atom is 0.145 e. The zero-order chi connectivity index (χ0) is 15.2. The van der Waals surface area contributed by atoms with Crippen LogP contribution in [0.1, 0.15) is 17.9 Å². The van der Waals surface area contributed by atoms with E-state index in [9.17, 15) is 0 Å². The molecule has 0 saturated heterocycles. The topological polar surface area (TPSA) is 47.4 Å². The third kappa shape index (κ3) is 3.34. The first kappa shape index (κ1) is 14.9. The van der Waals surface area contributed by atoms with Crippen LogP contribution < -0.4 is 4.74 Å². The third-order valence-electron chi connectivity index (χ3n) is 3.30. The molecular formula is C17H19N3O. The minimum Gasteiger partial charge on any atom is -0.494 e. The van der Waals surface area contributed by atoms with E-state index in [0.29, 0.717) is 0 Å². The molecule has 0 bridgehead atoms. The van der Waals surface area contributed by atoms with E-state index >= 15 is 0 Å². The predicted octanol–water partition coefficient (Wildman–Crippen LogP) is 3.65. The van der Waals surface area contributed by atoms with Crippen molar-refractivity contribution in [2.45, 2.75) is 19.8 Å². The van der Waals surface area contributed by atoms with E-state index in [1.54, 1.807) is 19.4 Å². The zero-order valence-corrected chi connectivity index (χ0v) is 12.5. The molecule has 4 heteroatoms. The van der Waals surface area contributed by atoms with Gasteiger partial charge in [0, 0.05) is 23.7 Å². The Morgan fingerprint density at radius 1 is 1.38 bits per heavy atom. The van der Waals surface area contributed by atoms with Crippen molar-refractivity contribution < 1.29 is 4.74 Å². The molecule has 2 aromatic rings. The fraction of sp³-hybridized carbons (Fsp3) is 0.235. The standard InChI is InChI=1S/C17H19N3O/c1-5-13(11-18-3)9-10-16-19-12(2)14-7-6-8-15(21-4)17(14)20-16/h5-8,11H,1,3,9-10H2,2,4H3/b13-11+. The second-order valence-corrected chi connectivity index (χ2v) is 4.67. The predicted molar refractivity (Wildman–Crippen MR) is 87.0 cm³/mol. The lowest BCUT2D eigenvalue weighted by Gasteiger charge is -2.09. The van der Waals surface area contributed by atoms with E-state index in [-0.39, 0.29) is 0 Å². The van der Waals surface area contributed by atoms with Gasteiger partial charge in [-0.25, -0.2) is 9.97 Å². The summed E-state index contributed by atoms with van der Waals surface area (Å²) >= 11 is 0. The number of aromatic nitrogens is 2. The van der Waals surface area contributed by atoms with E-state index in [1.165, 1.54) is 0 Å². The Bertz CT molecular complexity index is 704. The number of benzene rings is 1. The van der Waals surface area contributed by atoms with Gasteiger partial charge < -0.3 is 4.74 Å². The minimum absolute atomic E-state index is 0.724. The van der Waals surface area contributed by atoms with Crippen LogP contribution in [0.5, 0.6) is 5.75 Å². The molecule has 1 aromatic carbocycles. The summed E-state index contributed by atoms with van der Waals surface area (Å²) in [4.78, 5) is 13.0. The number of allylic oxidation sites excluding steroid dienone is 2. The Balaban J connectivity index is 2.35. The zero-order valence-electron chi connectivity index (χ0n) is 12.5. The van der Waals surface area contributed by atoms with E-state index in [0.717, 1.165) is 46.6 Å². The summed E-state index contributed by atoms with van der Waals surface area (Å²) in [5.74, 6) is 1.56. The molecule has 1 aromatic heterocycles. The Hall–Kier alpha value is -2.49. The molecule has 4 nitrogen and oxygen atoms in total. The van der Waals surface area contributed by atoms with Crippen LogP contribution in [0, 0.1) is 6.92 Å². The van der Waals surface area contributed by atoms with E-state index in [1.807, 2.05) is 25.1 Å². The van der Waals surface area contributed by atoms with Crippen LogP contribution in [0.25, 0.3) is 10.9 Å². The smallest absolute Gasteiger partial charge is 0.145 e. The largest absolute Gasteiger partial charge is 0.494 e.